The number of hydrogen-bond donors (Lipinski definition) is 1. The van der Waals surface area contributed by atoms with Crippen LogP contribution < -0.4 is 4.74 Å². The van der Waals surface area contributed by atoms with Gasteiger partial charge in [-0.2, -0.15) is 0 Å². The molecule has 0 unspecified atom stereocenters. The number of ether oxygens (including phenoxy) is 1. The fraction of sp³-hybridized carbons (Fsp3) is 0.304. The number of esters is 1. The van der Waals surface area contributed by atoms with E-state index in [-0.39, 0.29) is 27.8 Å². The van der Waals surface area contributed by atoms with Gasteiger partial charge in [0.2, 0.25) is 0 Å². The summed E-state index contributed by atoms with van der Waals surface area (Å²) in [5.74, 6) is -1.90. The number of nitrogens with one attached hydrogen (secondary N) is 1. The van der Waals surface area contributed by atoms with Gasteiger partial charge in [-0.1, -0.05) is 44.0 Å². The Bertz CT molecular complexity index is 966. The zero-order valence-electron chi connectivity index (χ0n) is 16.1. The molecular formula is C23H22ClF2NO2. The van der Waals surface area contributed by atoms with E-state index in [1.54, 1.807) is 6.07 Å². The lowest BCUT2D eigenvalue weighted by Crippen LogP contribution is -2.14. The van der Waals surface area contributed by atoms with Crippen molar-refractivity contribution in [1.82, 2.24) is 0 Å². The van der Waals surface area contributed by atoms with Gasteiger partial charge in [-0.15, -0.1) is 0 Å². The van der Waals surface area contributed by atoms with Crippen molar-refractivity contribution in [2.24, 2.45) is 5.92 Å². The van der Waals surface area contributed by atoms with Gasteiger partial charge in [-0.3, -0.25) is 0 Å². The molecule has 0 heterocycles. The van der Waals surface area contributed by atoms with E-state index in [2.05, 4.69) is 13.5 Å². The maximum atomic E-state index is 15.1. The van der Waals surface area contributed by atoms with E-state index in [0.717, 1.165) is 38.0 Å². The van der Waals surface area contributed by atoms with Gasteiger partial charge >= 0.3 is 5.97 Å². The fourth-order valence-corrected chi connectivity index (χ4v) is 4.05. The number of benzene rings is 2. The van der Waals surface area contributed by atoms with Crippen LogP contribution in [0.4, 0.5) is 8.78 Å². The quantitative estimate of drug-likeness (QED) is 0.255. The number of carbonyl (C=O) groups is 1. The van der Waals surface area contributed by atoms with E-state index in [0.29, 0.717) is 17.0 Å². The van der Waals surface area contributed by atoms with Crippen LogP contribution in [-0.4, -0.2) is 12.2 Å². The second-order valence-corrected chi connectivity index (χ2v) is 7.84. The molecule has 0 aromatic heterocycles. The summed E-state index contributed by atoms with van der Waals surface area (Å²) in [6, 6.07) is 5.84. The average molecular weight is 418 g/mol. The highest BCUT2D eigenvalue weighted by Crippen LogP contribution is 2.40. The molecule has 0 amide bonds. The van der Waals surface area contributed by atoms with Crippen molar-refractivity contribution in [3.8, 4) is 16.9 Å². The van der Waals surface area contributed by atoms with Crippen LogP contribution in [0.1, 0.15) is 49.7 Å². The Morgan fingerprint density at radius 2 is 1.90 bits per heavy atom. The minimum atomic E-state index is -0.994. The maximum Gasteiger partial charge on any atom is 0.335 e. The first-order valence-corrected chi connectivity index (χ1v) is 9.90. The molecule has 1 aliphatic rings. The normalized spacial score (nSPS) is 18.9. The Morgan fingerprint density at radius 3 is 2.48 bits per heavy atom. The Morgan fingerprint density at radius 1 is 1.21 bits per heavy atom. The summed E-state index contributed by atoms with van der Waals surface area (Å²) >= 11 is 6.15. The molecule has 6 heteroatoms. The van der Waals surface area contributed by atoms with Crippen LogP contribution in [0.25, 0.3) is 11.1 Å². The molecule has 2 aromatic rings. The maximum absolute atomic E-state index is 15.1. The van der Waals surface area contributed by atoms with Gasteiger partial charge in [0.25, 0.3) is 0 Å². The van der Waals surface area contributed by atoms with E-state index in [9.17, 15) is 9.18 Å². The van der Waals surface area contributed by atoms with Crippen LogP contribution >= 0.6 is 11.6 Å². The third-order valence-electron chi connectivity index (χ3n) is 5.47. The van der Waals surface area contributed by atoms with Gasteiger partial charge in [0.1, 0.15) is 5.75 Å². The van der Waals surface area contributed by atoms with Gasteiger partial charge in [0.15, 0.2) is 11.6 Å². The van der Waals surface area contributed by atoms with Crippen LogP contribution in [0.3, 0.4) is 0 Å². The molecule has 1 saturated carbocycles. The minimum absolute atomic E-state index is 0.0334. The first-order valence-electron chi connectivity index (χ1n) is 9.52. The average Bonchev–Trinajstić information content (AvgIpc) is 2.72. The van der Waals surface area contributed by atoms with E-state index >= 15 is 4.39 Å². The summed E-state index contributed by atoms with van der Waals surface area (Å²) in [5, 5.41) is 7.80. The summed E-state index contributed by atoms with van der Waals surface area (Å²) < 4.78 is 35.1. The second-order valence-electron chi connectivity index (χ2n) is 7.43. The Hall–Kier alpha value is -2.53. The summed E-state index contributed by atoms with van der Waals surface area (Å²) in [7, 11) is 0. The lowest BCUT2D eigenvalue weighted by atomic mass is 9.78. The largest absolute Gasteiger partial charge is 0.422 e. The van der Waals surface area contributed by atoms with Crippen molar-refractivity contribution >= 4 is 23.8 Å². The van der Waals surface area contributed by atoms with Gasteiger partial charge in [-0.05, 0) is 54.0 Å². The zero-order chi connectivity index (χ0) is 21.1. The third-order valence-corrected chi connectivity index (χ3v) is 5.77. The predicted molar refractivity (Wildman–Crippen MR) is 111 cm³/mol. The summed E-state index contributed by atoms with van der Waals surface area (Å²) in [4.78, 5) is 11.4. The molecule has 0 saturated heterocycles. The Labute approximate surface area is 173 Å². The highest BCUT2D eigenvalue weighted by molar-refractivity contribution is 6.32. The van der Waals surface area contributed by atoms with Gasteiger partial charge in [-0.25, -0.2) is 13.6 Å². The van der Waals surface area contributed by atoms with Gasteiger partial charge < -0.3 is 10.1 Å². The van der Waals surface area contributed by atoms with Crippen molar-refractivity contribution in [2.45, 2.75) is 38.5 Å². The first-order chi connectivity index (χ1) is 13.8. The van der Waals surface area contributed by atoms with Crippen molar-refractivity contribution < 1.29 is 18.3 Å². The molecular weight excluding hydrogens is 396 g/mol. The molecule has 29 heavy (non-hydrogen) atoms. The smallest absolute Gasteiger partial charge is 0.335 e. The van der Waals surface area contributed by atoms with E-state index in [1.165, 1.54) is 18.2 Å². The molecule has 3 rings (SSSR count). The molecule has 152 valence electrons. The molecule has 1 aliphatic carbocycles. The van der Waals surface area contributed by atoms with Crippen molar-refractivity contribution in [1.29, 1.82) is 5.41 Å². The lowest BCUT2D eigenvalue weighted by Gasteiger charge is -2.27. The highest BCUT2D eigenvalue weighted by Gasteiger charge is 2.27. The van der Waals surface area contributed by atoms with Crippen LogP contribution in [-0.2, 0) is 4.79 Å². The van der Waals surface area contributed by atoms with Crippen molar-refractivity contribution in [2.75, 3.05) is 0 Å². The monoisotopic (exact) mass is 417 g/mol. The summed E-state index contributed by atoms with van der Waals surface area (Å²) in [6.45, 7) is 5.48. The van der Waals surface area contributed by atoms with Crippen LogP contribution in [0.15, 0.2) is 36.9 Å². The van der Waals surface area contributed by atoms with E-state index < -0.39 is 17.6 Å². The molecule has 0 bridgehead atoms. The molecule has 0 spiro atoms. The summed E-state index contributed by atoms with van der Waals surface area (Å²) in [6.07, 6.45) is 5.60. The van der Waals surface area contributed by atoms with Crippen molar-refractivity contribution in [3.63, 3.8) is 0 Å². The molecule has 1 N–H and O–H groups in total. The Balaban J connectivity index is 2.03. The lowest BCUT2D eigenvalue weighted by molar-refractivity contribution is -0.128. The number of carbonyl (C=O) groups excluding carboxylic acids is 1. The van der Waals surface area contributed by atoms with Crippen molar-refractivity contribution in [3.05, 3.63) is 64.7 Å². The van der Waals surface area contributed by atoms with Gasteiger partial charge in [0.05, 0.1) is 5.02 Å². The molecule has 1 fully saturated rings. The fourth-order valence-electron chi connectivity index (χ4n) is 3.83. The molecule has 2 aromatic carbocycles. The SMILES string of the molecule is C=CC(=O)Oc1ccc(-c2c(C=N)cc(C3CCC(C)CC3)c(F)c2F)cc1Cl. The molecule has 0 aliphatic heterocycles. The van der Waals surface area contributed by atoms with E-state index in [1.807, 2.05) is 0 Å². The molecule has 0 atom stereocenters. The minimum Gasteiger partial charge on any atom is -0.422 e. The predicted octanol–water partition coefficient (Wildman–Crippen LogP) is 6.67. The standard InChI is InChI=1S/C23H22ClF2NO2/c1-3-20(28)29-19-9-8-15(11-18(19)24)21-16(12-27)10-17(22(25)23(21)26)14-6-4-13(2)5-7-14/h3,8-14,27H,1,4-7H2,2H3. The topological polar surface area (TPSA) is 50.2 Å². The van der Waals surface area contributed by atoms with Crippen LogP contribution in [0.5, 0.6) is 5.75 Å². The second kappa shape index (κ2) is 8.87. The molecule has 3 nitrogen and oxygen atoms in total. The van der Waals surface area contributed by atoms with Crippen LogP contribution in [0, 0.1) is 23.0 Å². The number of hydrogen-bond acceptors (Lipinski definition) is 3. The van der Waals surface area contributed by atoms with E-state index in [4.69, 9.17) is 21.7 Å². The number of halogens is 3. The Kier molecular flexibility index (Phi) is 6.48. The summed E-state index contributed by atoms with van der Waals surface area (Å²) in [5.41, 5.74) is 0.879. The first kappa shape index (κ1) is 21.2. The zero-order valence-corrected chi connectivity index (χ0v) is 16.9. The third kappa shape index (κ3) is 4.40. The molecule has 0 radical (unpaired) electrons. The van der Waals surface area contributed by atoms with Gasteiger partial charge in [0, 0.05) is 23.4 Å². The van der Waals surface area contributed by atoms with Crippen LogP contribution in [0.2, 0.25) is 5.02 Å². The highest BCUT2D eigenvalue weighted by atomic mass is 35.5. The number of rotatable bonds is 5.